The van der Waals surface area contributed by atoms with Crippen molar-refractivity contribution >= 4 is 16.9 Å². The molecule has 0 radical (unpaired) electrons. The monoisotopic (exact) mass is 432 g/mol. The first kappa shape index (κ1) is 19.7. The van der Waals surface area contributed by atoms with Crippen molar-refractivity contribution in [2.75, 3.05) is 0 Å². The van der Waals surface area contributed by atoms with Crippen molar-refractivity contribution in [2.45, 2.75) is 38.1 Å². The van der Waals surface area contributed by atoms with Crippen molar-refractivity contribution in [3.05, 3.63) is 68.8 Å². The standard InChI is InChI=1S/C22H16F4N2O3/c23-18-13(4-1-10-7-27-8-15(10)18)12-5-6-14-19(17(12)22(24,25)26)28(11-2-3-11)9-16(20(14)29)21(30)31/h1,4-6,9,11,27H,2-3,7-8H2,(H,30,31). The van der Waals surface area contributed by atoms with Crippen LogP contribution in [0.1, 0.15) is 45.9 Å². The van der Waals surface area contributed by atoms with Gasteiger partial charge in [0.05, 0.1) is 11.1 Å². The highest BCUT2D eigenvalue weighted by Gasteiger charge is 2.40. The highest BCUT2D eigenvalue weighted by atomic mass is 19.4. The maximum atomic E-state index is 15.2. The summed E-state index contributed by atoms with van der Waals surface area (Å²) in [5.41, 5.74) is -2.66. The fraction of sp³-hybridized carbons (Fsp3) is 0.273. The van der Waals surface area contributed by atoms with E-state index in [4.69, 9.17) is 0 Å². The Bertz CT molecular complexity index is 1320. The Morgan fingerprint density at radius 1 is 1.10 bits per heavy atom. The molecular weight excluding hydrogens is 416 g/mol. The summed E-state index contributed by atoms with van der Waals surface area (Å²) in [7, 11) is 0. The maximum Gasteiger partial charge on any atom is 0.419 e. The van der Waals surface area contributed by atoms with E-state index in [1.807, 2.05) is 0 Å². The lowest BCUT2D eigenvalue weighted by Crippen LogP contribution is -2.21. The summed E-state index contributed by atoms with van der Waals surface area (Å²) in [6.07, 6.45) is -2.78. The van der Waals surface area contributed by atoms with E-state index in [9.17, 15) is 27.9 Å². The van der Waals surface area contributed by atoms with Crippen LogP contribution in [-0.2, 0) is 19.3 Å². The minimum atomic E-state index is -4.90. The van der Waals surface area contributed by atoms with Gasteiger partial charge in [-0.1, -0.05) is 18.2 Å². The van der Waals surface area contributed by atoms with Crippen LogP contribution in [0.4, 0.5) is 17.6 Å². The summed E-state index contributed by atoms with van der Waals surface area (Å²) < 4.78 is 59.5. The average molecular weight is 432 g/mol. The van der Waals surface area contributed by atoms with Crippen LogP contribution < -0.4 is 10.7 Å². The van der Waals surface area contributed by atoms with Gasteiger partial charge in [-0.15, -0.1) is 0 Å². The molecule has 5 rings (SSSR count). The number of fused-ring (bicyclic) bond motifs is 2. The number of hydrogen-bond acceptors (Lipinski definition) is 3. The summed E-state index contributed by atoms with van der Waals surface area (Å²) in [6, 6.07) is 4.80. The van der Waals surface area contributed by atoms with Crippen molar-refractivity contribution in [2.24, 2.45) is 0 Å². The number of nitrogens with one attached hydrogen (secondary N) is 1. The van der Waals surface area contributed by atoms with Crippen LogP contribution in [0.15, 0.2) is 35.3 Å². The minimum Gasteiger partial charge on any atom is -0.477 e. The number of carbonyl (C=O) groups is 1. The summed E-state index contributed by atoms with van der Waals surface area (Å²) in [6.45, 7) is 0.661. The SMILES string of the molecule is O=C(O)c1cn(C2CC2)c2c(C(F)(F)F)c(-c3ccc4c(c3F)CNC4)ccc2c1=O. The van der Waals surface area contributed by atoms with Gasteiger partial charge in [0, 0.05) is 41.8 Å². The fourth-order valence-corrected chi connectivity index (χ4v) is 4.30. The van der Waals surface area contributed by atoms with Crippen LogP contribution in [0.3, 0.4) is 0 Å². The Hall–Kier alpha value is -3.20. The number of rotatable bonds is 3. The Kier molecular flexibility index (Phi) is 4.23. The normalized spacial score (nSPS) is 16.0. The molecule has 0 saturated heterocycles. The van der Waals surface area contributed by atoms with Gasteiger partial charge in [-0.25, -0.2) is 9.18 Å². The zero-order valence-electron chi connectivity index (χ0n) is 16.0. The molecule has 2 aliphatic rings. The lowest BCUT2D eigenvalue weighted by atomic mass is 9.92. The molecule has 1 fully saturated rings. The van der Waals surface area contributed by atoms with E-state index in [1.165, 1.54) is 16.7 Å². The van der Waals surface area contributed by atoms with E-state index in [-0.39, 0.29) is 29.1 Å². The highest BCUT2D eigenvalue weighted by Crippen LogP contribution is 2.45. The van der Waals surface area contributed by atoms with E-state index in [2.05, 4.69) is 5.32 Å². The molecule has 1 aliphatic heterocycles. The number of alkyl halides is 3. The number of aromatic nitrogens is 1. The van der Waals surface area contributed by atoms with Crippen LogP contribution in [-0.4, -0.2) is 15.6 Å². The van der Waals surface area contributed by atoms with Gasteiger partial charge in [0.25, 0.3) is 0 Å². The predicted molar refractivity (Wildman–Crippen MR) is 104 cm³/mol. The molecule has 9 heteroatoms. The first-order valence-electron chi connectivity index (χ1n) is 9.72. The Morgan fingerprint density at radius 3 is 2.45 bits per heavy atom. The predicted octanol–water partition coefficient (Wildman–Crippen LogP) is 4.46. The van der Waals surface area contributed by atoms with Gasteiger partial charge in [0.1, 0.15) is 11.4 Å². The molecule has 2 N–H and O–H groups in total. The maximum absolute atomic E-state index is 15.2. The number of aromatic carboxylic acids is 1. The number of halogens is 4. The third kappa shape index (κ3) is 3.03. The Balaban J connectivity index is 1.91. The van der Waals surface area contributed by atoms with Crippen molar-refractivity contribution < 1.29 is 27.5 Å². The first-order valence-corrected chi connectivity index (χ1v) is 9.72. The lowest BCUT2D eigenvalue weighted by Gasteiger charge is -2.21. The van der Waals surface area contributed by atoms with Crippen LogP contribution in [0.2, 0.25) is 0 Å². The summed E-state index contributed by atoms with van der Waals surface area (Å²) in [4.78, 5) is 24.2. The topological polar surface area (TPSA) is 71.3 Å². The molecule has 160 valence electrons. The number of carboxylic acids is 1. The molecule has 0 spiro atoms. The van der Waals surface area contributed by atoms with Gasteiger partial charge in [0.15, 0.2) is 0 Å². The molecule has 3 aromatic rings. The Labute approximate surface area is 172 Å². The van der Waals surface area contributed by atoms with Gasteiger partial charge in [-0.05, 0) is 30.0 Å². The van der Waals surface area contributed by atoms with Crippen LogP contribution >= 0.6 is 0 Å². The third-order valence-corrected chi connectivity index (χ3v) is 5.90. The highest BCUT2D eigenvalue weighted by molar-refractivity contribution is 5.96. The quantitative estimate of drug-likeness (QED) is 0.600. The molecule has 31 heavy (non-hydrogen) atoms. The molecule has 1 saturated carbocycles. The van der Waals surface area contributed by atoms with Gasteiger partial charge in [0.2, 0.25) is 5.43 Å². The lowest BCUT2D eigenvalue weighted by molar-refractivity contribution is -0.136. The summed E-state index contributed by atoms with van der Waals surface area (Å²) in [5, 5.41) is 12.0. The van der Waals surface area contributed by atoms with Gasteiger partial charge < -0.3 is 15.0 Å². The van der Waals surface area contributed by atoms with Gasteiger partial charge in [-0.3, -0.25) is 4.79 Å². The molecular formula is C22H16F4N2O3. The molecule has 0 bridgehead atoms. The van der Waals surface area contributed by atoms with E-state index >= 15 is 4.39 Å². The summed E-state index contributed by atoms with van der Waals surface area (Å²) in [5.74, 6) is -2.23. The van der Waals surface area contributed by atoms with E-state index in [0.29, 0.717) is 30.5 Å². The van der Waals surface area contributed by atoms with E-state index in [0.717, 1.165) is 12.3 Å². The molecule has 0 atom stereocenters. The Morgan fingerprint density at radius 2 is 1.81 bits per heavy atom. The number of pyridine rings is 1. The molecule has 1 aliphatic carbocycles. The number of nitrogens with zero attached hydrogens (tertiary/aromatic N) is 1. The van der Waals surface area contributed by atoms with Gasteiger partial charge in [-0.2, -0.15) is 13.2 Å². The molecule has 2 aromatic carbocycles. The summed E-state index contributed by atoms with van der Waals surface area (Å²) >= 11 is 0. The van der Waals surface area contributed by atoms with Crippen molar-refractivity contribution in [1.82, 2.24) is 9.88 Å². The molecule has 0 unspecified atom stereocenters. The largest absolute Gasteiger partial charge is 0.477 e. The number of hydrogen-bond donors (Lipinski definition) is 2. The van der Waals surface area contributed by atoms with E-state index < -0.39 is 40.0 Å². The number of carboxylic acid groups (broad SMARTS) is 1. The molecule has 5 nitrogen and oxygen atoms in total. The van der Waals surface area contributed by atoms with Crippen LogP contribution in [0, 0.1) is 5.82 Å². The second-order valence-corrected chi connectivity index (χ2v) is 7.87. The van der Waals surface area contributed by atoms with Gasteiger partial charge >= 0.3 is 12.1 Å². The zero-order chi connectivity index (χ0) is 22.1. The van der Waals surface area contributed by atoms with E-state index in [1.54, 1.807) is 6.07 Å². The number of benzene rings is 2. The fourth-order valence-electron chi connectivity index (χ4n) is 4.30. The van der Waals surface area contributed by atoms with Crippen molar-refractivity contribution in [1.29, 1.82) is 0 Å². The van der Waals surface area contributed by atoms with Crippen molar-refractivity contribution in [3.8, 4) is 11.1 Å². The molecule has 2 heterocycles. The van der Waals surface area contributed by atoms with Crippen molar-refractivity contribution in [3.63, 3.8) is 0 Å². The molecule has 0 amide bonds. The van der Waals surface area contributed by atoms with Crippen LogP contribution in [0.25, 0.3) is 22.0 Å². The second-order valence-electron chi connectivity index (χ2n) is 7.87. The molecule has 1 aromatic heterocycles. The smallest absolute Gasteiger partial charge is 0.419 e. The third-order valence-electron chi connectivity index (χ3n) is 5.90. The zero-order valence-corrected chi connectivity index (χ0v) is 16.0. The average Bonchev–Trinajstić information content (AvgIpc) is 3.43. The first-order chi connectivity index (χ1) is 14.7. The van der Waals surface area contributed by atoms with Crippen LogP contribution in [0.5, 0.6) is 0 Å². The minimum absolute atomic E-state index is 0.200. The second kappa shape index (κ2) is 6.65.